The molecule has 0 saturated carbocycles. The van der Waals surface area contributed by atoms with Crippen LogP contribution in [0.15, 0.2) is 46.3 Å². The van der Waals surface area contributed by atoms with Gasteiger partial charge in [-0.25, -0.2) is 0 Å². The molecule has 0 aliphatic carbocycles. The number of rotatable bonds is 6. The van der Waals surface area contributed by atoms with E-state index >= 15 is 0 Å². The van der Waals surface area contributed by atoms with Crippen LogP contribution in [0.2, 0.25) is 0 Å². The van der Waals surface area contributed by atoms with E-state index in [1.165, 1.54) is 21.3 Å². The van der Waals surface area contributed by atoms with Crippen molar-refractivity contribution in [1.82, 2.24) is 4.57 Å². The predicted molar refractivity (Wildman–Crippen MR) is 120 cm³/mol. The first kappa shape index (κ1) is 20.2. The molecular formula is C21H24N2OS3. The van der Waals surface area contributed by atoms with Gasteiger partial charge < -0.3 is 4.57 Å². The molecule has 27 heavy (non-hydrogen) atoms. The van der Waals surface area contributed by atoms with E-state index in [0.29, 0.717) is 5.56 Å². The van der Waals surface area contributed by atoms with Gasteiger partial charge in [-0.1, -0.05) is 36.5 Å². The highest BCUT2D eigenvalue weighted by molar-refractivity contribution is 7.99. The maximum Gasteiger partial charge on any atom is 0.280 e. The van der Waals surface area contributed by atoms with Crippen molar-refractivity contribution in [3.05, 3.63) is 57.9 Å². The lowest BCUT2D eigenvalue weighted by molar-refractivity contribution is 0.0995. The quantitative estimate of drug-likeness (QED) is 0.495. The molecule has 3 aromatic rings. The number of thioether (sulfide) groups is 2. The van der Waals surface area contributed by atoms with Crippen LogP contribution in [-0.4, -0.2) is 28.2 Å². The molecule has 1 amide bonds. The number of aromatic nitrogens is 1. The molecule has 142 valence electrons. The van der Waals surface area contributed by atoms with E-state index in [9.17, 15) is 4.79 Å². The molecule has 0 N–H and O–H groups in total. The second-order valence-electron chi connectivity index (χ2n) is 6.31. The summed E-state index contributed by atoms with van der Waals surface area (Å²) in [5, 5.41) is 0. The molecule has 0 fully saturated rings. The third kappa shape index (κ3) is 4.50. The molecule has 1 heterocycles. The number of carbonyl (C=O) groups excluding carboxylic acids is 1. The van der Waals surface area contributed by atoms with Gasteiger partial charge in [-0.2, -0.15) is 16.8 Å². The van der Waals surface area contributed by atoms with Gasteiger partial charge in [-0.15, -0.1) is 11.8 Å². The molecule has 0 bridgehead atoms. The summed E-state index contributed by atoms with van der Waals surface area (Å²) in [7, 11) is 0. The molecule has 0 radical (unpaired) electrons. The summed E-state index contributed by atoms with van der Waals surface area (Å²) in [6.45, 7) is 7.19. The summed E-state index contributed by atoms with van der Waals surface area (Å²) < 4.78 is 3.41. The van der Waals surface area contributed by atoms with Crippen LogP contribution in [0.1, 0.15) is 28.4 Å². The topological polar surface area (TPSA) is 34.4 Å². The minimum atomic E-state index is -0.162. The van der Waals surface area contributed by atoms with Crippen LogP contribution in [0.25, 0.3) is 10.2 Å². The number of carbonyl (C=O) groups is 1. The second-order valence-corrected chi connectivity index (χ2v) is 9.57. The van der Waals surface area contributed by atoms with Crippen LogP contribution in [0.4, 0.5) is 0 Å². The molecule has 0 saturated heterocycles. The van der Waals surface area contributed by atoms with Crippen LogP contribution in [0, 0.1) is 13.8 Å². The van der Waals surface area contributed by atoms with Crippen molar-refractivity contribution in [3.8, 4) is 0 Å². The van der Waals surface area contributed by atoms with Crippen molar-refractivity contribution < 1.29 is 4.79 Å². The molecule has 0 atom stereocenters. The predicted octanol–water partition coefficient (Wildman–Crippen LogP) is 5.54. The van der Waals surface area contributed by atoms with Crippen molar-refractivity contribution in [3.63, 3.8) is 0 Å². The SMILES string of the molecule is CCSc1ccccc1C(=O)N=c1sc2c(C)cc(C)cc2n1CCSC. The first-order valence-electron chi connectivity index (χ1n) is 8.95. The number of hydrogen-bond acceptors (Lipinski definition) is 4. The van der Waals surface area contributed by atoms with Crippen molar-refractivity contribution >= 4 is 51.0 Å². The Morgan fingerprint density at radius 1 is 1.22 bits per heavy atom. The van der Waals surface area contributed by atoms with Gasteiger partial charge in [-0.05, 0) is 55.2 Å². The van der Waals surface area contributed by atoms with Gasteiger partial charge in [0.15, 0.2) is 4.80 Å². The largest absolute Gasteiger partial charge is 0.315 e. The minimum Gasteiger partial charge on any atom is -0.315 e. The second kappa shape index (κ2) is 9.13. The third-order valence-electron chi connectivity index (χ3n) is 4.25. The molecule has 0 aliphatic heterocycles. The zero-order valence-electron chi connectivity index (χ0n) is 16.1. The number of fused-ring (bicyclic) bond motifs is 1. The number of nitrogens with zero attached hydrogens (tertiary/aromatic N) is 2. The molecule has 0 aliphatic rings. The molecule has 3 rings (SSSR count). The molecular weight excluding hydrogens is 392 g/mol. The van der Waals surface area contributed by atoms with E-state index < -0.39 is 0 Å². The lowest BCUT2D eigenvalue weighted by Gasteiger charge is -2.06. The molecule has 0 spiro atoms. The molecule has 2 aromatic carbocycles. The van der Waals surface area contributed by atoms with Gasteiger partial charge in [0.25, 0.3) is 5.91 Å². The molecule has 1 aromatic heterocycles. The molecule has 6 heteroatoms. The van der Waals surface area contributed by atoms with Gasteiger partial charge in [-0.3, -0.25) is 4.79 Å². The smallest absolute Gasteiger partial charge is 0.280 e. The van der Waals surface area contributed by atoms with Crippen LogP contribution < -0.4 is 4.80 Å². The Labute approximate surface area is 172 Å². The standard InChI is InChI=1S/C21H24N2OS3/c1-5-26-18-9-7-6-8-16(18)20(24)22-21-23(10-11-25-4)17-13-14(2)12-15(3)19(17)27-21/h6-9,12-13H,5,10-11H2,1-4H3. The summed E-state index contributed by atoms with van der Waals surface area (Å²) >= 11 is 5.10. The van der Waals surface area contributed by atoms with Gasteiger partial charge in [0.1, 0.15) is 0 Å². The van der Waals surface area contributed by atoms with Crippen molar-refractivity contribution in [2.45, 2.75) is 32.2 Å². The average Bonchev–Trinajstić information content (AvgIpc) is 2.98. The van der Waals surface area contributed by atoms with E-state index in [4.69, 9.17) is 0 Å². The van der Waals surface area contributed by atoms with Crippen molar-refractivity contribution in [2.75, 3.05) is 17.8 Å². The maximum atomic E-state index is 13.0. The lowest BCUT2D eigenvalue weighted by atomic mass is 10.1. The van der Waals surface area contributed by atoms with Crippen LogP contribution >= 0.6 is 34.9 Å². The number of thiazole rings is 1. The minimum absolute atomic E-state index is 0.162. The molecule has 0 unspecified atom stereocenters. The number of aryl methyl sites for hydroxylation is 3. The Balaban J connectivity index is 2.15. The molecule has 3 nitrogen and oxygen atoms in total. The highest BCUT2D eigenvalue weighted by Crippen LogP contribution is 2.25. The summed E-state index contributed by atoms with van der Waals surface area (Å²) in [6.07, 6.45) is 2.10. The van der Waals surface area contributed by atoms with E-state index in [1.807, 2.05) is 24.3 Å². The van der Waals surface area contributed by atoms with Gasteiger partial charge in [0.2, 0.25) is 0 Å². The Morgan fingerprint density at radius 3 is 2.74 bits per heavy atom. The van der Waals surface area contributed by atoms with Gasteiger partial charge in [0.05, 0.1) is 15.8 Å². The zero-order chi connectivity index (χ0) is 19.4. The van der Waals surface area contributed by atoms with Gasteiger partial charge in [0, 0.05) is 17.2 Å². The fourth-order valence-corrected chi connectivity index (χ4v) is 5.33. The van der Waals surface area contributed by atoms with Crippen molar-refractivity contribution in [2.24, 2.45) is 4.99 Å². The summed E-state index contributed by atoms with van der Waals surface area (Å²) in [5.41, 5.74) is 4.34. The first-order valence-corrected chi connectivity index (χ1v) is 12.1. The van der Waals surface area contributed by atoms with Crippen LogP contribution in [0.5, 0.6) is 0 Å². The average molecular weight is 417 g/mol. The fraction of sp³-hybridized carbons (Fsp3) is 0.333. The number of amides is 1. The normalized spacial score (nSPS) is 12.1. The van der Waals surface area contributed by atoms with Crippen LogP contribution in [0.3, 0.4) is 0 Å². The summed E-state index contributed by atoms with van der Waals surface area (Å²) in [6, 6.07) is 12.1. The Kier molecular flexibility index (Phi) is 6.84. The Hall–Kier alpha value is -1.50. The Morgan fingerprint density at radius 2 is 2.00 bits per heavy atom. The summed E-state index contributed by atoms with van der Waals surface area (Å²) in [4.78, 5) is 19.3. The summed E-state index contributed by atoms with van der Waals surface area (Å²) in [5.74, 6) is 1.76. The monoisotopic (exact) mass is 416 g/mol. The number of hydrogen-bond donors (Lipinski definition) is 0. The lowest BCUT2D eigenvalue weighted by Crippen LogP contribution is -2.18. The highest BCUT2D eigenvalue weighted by atomic mass is 32.2. The number of benzene rings is 2. The van der Waals surface area contributed by atoms with E-state index in [0.717, 1.165) is 27.7 Å². The van der Waals surface area contributed by atoms with E-state index in [-0.39, 0.29) is 5.91 Å². The fourth-order valence-electron chi connectivity index (χ4n) is 3.07. The van der Waals surface area contributed by atoms with Crippen LogP contribution in [-0.2, 0) is 6.54 Å². The third-order valence-corrected chi connectivity index (χ3v) is 7.02. The van der Waals surface area contributed by atoms with E-state index in [1.54, 1.807) is 34.9 Å². The van der Waals surface area contributed by atoms with E-state index in [2.05, 4.69) is 48.7 Å². The van der Waals surface area contributed by atoms with Gasteiger partial charge >= 0.3 is 0 Å². The first-order chi connectivity index (χ1) is 13.0. The zero-order valence-corrected chi connectivity index (χ0v) is 18.6. The highest BCUT2D eigenvalue weighted by Gasteiger charge is 2.13. The maximum absolute atomic E-state index is 13.0. The van der Waals surface area contributed by atoms with Crippen molar-refractivity contribution in [1.29, 1.82) is 0 Å². The Bertz CT molecular complexity index is 1030.